The summed E-state index contributed by atoms with van der Waals surface area (Å²) in [4.78, 5) is 35.9. The van der Waals surface area contributed by atoms with E-state index in [9.17, 15) is 14.7 Å². The summed E-state index contributed by atoms with van der Waals surface area (Å²) in [5.74, 6) is 0.499. The van der Waals surface area contributed by atoms with E-state index in [4.69, 9.17) is 9.47 Å². The van der Waals surface area contributed by atoms with E-state index in [1.54, 1.807) is 36.2 Å². The zero-order chi connectivity index (χ0) is 25.7. The fourth-order valence-corrected chi connectivity index (χ4v) is 4.11. The van der Waals surface area contributed by atoms with Crippen LogP contribution >= 0.6 is 0 Å². The van der Waals surface area contributed by atoms with Crippen molar-refractivity contribution in [2.75, 3.05) is 54.5 Å². The van der Waals surface area contributed by atoms with E-state index in [1.807, 2.05) is 57.1 Å². The average Bonchev–Trinajstić information content (AvgIpc) is 2.84. The number of para-hydroxylation sites is 1. The molecule has 3 atom stereocenters. The predicted octanol–water partition coefficient (Wildman–Crippen LogP) is 2.00. The van der Waals surface area contributed by atoms with Crippen LogP contribution < -0.4 is 9.47 Å². The lowest BCUT2D eigenvalue weighted by molar-refractivity contribution is -0.132. The van der Waals surface area contributed by atoms with Crippen molar-refractivity contribution in [1.29, 1.82) is 0 Å². The first kappa shape index (κ1) is 26.4. The number of rotatable bonds is 8. The van der Waals surface area contributed by atoms with Crippen LogP contribution in [0.25, 0.3) is 11.1 Å². The van der Waals surface area contributed by atoms with Gasteiger partial charge in [0.1, 0.15) is 17.4 Å². The Morgan fingerprint density at radius 1 is 1.29 bits per heavy atom. The Morgan fingerprint density at radius 3 is 2.66 bits per heavy atom. The molecule has 0 bridgehead atoms. The molecule has 1 N–H and O–H groups in total. The second-order valence-electron chi connectivity index (χ2n) is 9.41. The predicted molar refractivity (Wildman–Crippen MR) is 134 cm³/mol. The molecule has 0 unspecified atom stereocenters. The number of amides is 2. The maximum Gasteiger partial charge on any atom is 0.259 e. The van der Waals surface area contributed by atoms with Crippen LogP contribution in [0.5, 0.6) is 11.6 Å². The molecule has 3 rings (SSSR count). The third kappa shape index (κ3) is 6.10. The van der Waals surface area contributed by atoms with E-state index in [0.717, 1.165) is 11.1 Å². The number of aromatic nitrogens is 1. The van der Waals surface area contributed by atoms with Gasteiger partial charge in [-0.05, 0) is 33.2 Å². The standard InChI is InChI=1S/C26H36N4O5/c1-17-13-30(18(2)16-31)26(33)21-11-19(20-9-7-8-10-22(20)34-6)12-27-25(21)35-23(17)14-29(5)24(32)15-28(3)4/h7-12,17-18,23,31H,13-16H2,1-6H3/t17-,18+,23-/m0/s1. The van der Waals surface area contributed by atoms with Gasteiger partial charge >= 0.3 is 0 Å². The van der Waals surface area contributed by atoms with Gasteiger partial charge < -0.3 is 29.3 Å². The lowest BCUT2D eigenvalue weighted by atomic mass is 9.99. The largest absolute Gasteiger partial charge is 0.496 e. The van der Waals surface area contributed by atoms with Gasteiger partial charge in [0.05, 0.1) is 32.8 Å². The minimum atomic E-state index is -0.393. The van der Waals surface area contributed by atoms with Crippen LogP contribution in [0, 0.1) is 5.92 Å². The van der Waals surface area contributed by atoms with Crippen LogP contribution in [0.1, 0.15) is 24.2 Å². The van der Waals surface area contributed by atoms with Crippen molar-refractivity contribution >= 4 is 11.8 Å². The first-order chi connectivity index (χ1) is 16.7. The van der Waals surface area contributed by atoms with Crippen LogP contribution in [0.3, 0.4) is 0 Å². The van der Waals surface area contributed by atoms with E-state index in [1.165, 1.54) is 0 Å². The Balaban J connectivity index is 2.02. The molecule has 190 valence electrons. The third-order valence-corrected chi connectivity index (χ3v) is 6.27. The smallest absolute Gasteiger partial charge is 0.259 e. The number of aliphatic hydroxyl groups excluding tert-OH is 1. The number of fused-ring (bicyclic) bond motifs is 1. The van der Waals surface area contributed by atoms with E-state index >= 15 is 0 Å². The van der Waals surface area contributed by atoms with Gasteiger partial charge in [-0.2, -0.15) is 0 Å². The number of likely N-dealkylation sites (N-methyl/N-ethyl adjacent to an activating group) is 2. The van der Waals surface area contributed by atoms with Gasteiger partial charge in [-0.15, -0.1) is 0 Å². The minimum Gasteiger partial charge on any atom is -0.496 e. The summed E-state index contributed by atoms with van der Waals surface area (Å²) in [7, 11) is 7.04. The van der Waals surface area contributed by atoms with E-state index in [0.29, 0.717) is 30.9 Å². The molecular weight excluding hydrogens is 448 g/mol. The SMILES string of the molecule is COc1ccccc1-c1cnc2c(c1)C(=O)N([C@H](C)CO)C[C@H](C)[C@H](CN(C)C(=O)CN(C)C)O2. The Labute approximate surface area is 207 Å². The number of carbonyl (C=O) groups is 2. The molecule has 1 aromatic heterocycles. The molecule has 0 saturated heterocycles. The van der Waals surface area contributed by atoms with Crippen molar-refractivity contribution < 1.29 is 24.2 Å². The van der Waals surface area contributed by atoms with Crippen LogP contribution in [0.15, 0.2) is 36.5 Å². The van der Waals surface area contributed by atoms with Crippen LogP contribution in [0.2, 0.25) is 0 Å². The lowest BCUT2D eigenvalue weighted by Crippen LogP contribution is -2.51. The highest BCUT2D eigenvalue weighted by Gasteiger charge is 2.35. The van der Waals surface area contributed by atoms with Gasteiger partial charge in [-0.1, -0.05) is 25.1 Å². The Hall–Kier alpha value is -3.17. The van der Waals surface area contributed by atoms with E-state index < -0.39 is 6.10 Å². The second kappa shape index (κ2) is 11.5. The van der Waals surface area contributed by atoms with Crippen molar-refractivity contribution in [3.63, 3.8) is 0 Å². The molecule has 0 spiro atoms. The fraction of sp³-hybridized carbons (Fsp3) is 0.500. The van der Waals surface area contributed by atoms with Crippen molar-refractivity contribution in [1.82, 2.24) is 19.7 Å². The maximum atomic E-state index is 13.6. The van der Waals surface area contributed by atoms with Crippen LogP contribution in [-0.4, -0.2) is 103 Å². The molecule has 9 heteroatoms. The number of aliphatic hydroxyl groups is 1. The topological polar surface area (TPSA) is 95.4 Å². The lowest BCUT2D eigenvalue weighted by Gasteiger charge is -2.37. The normalized spacial score (nSPS) is 18.9. The van der Waals surface area contributed by atoms with Gasteiger partial charge in [0.15, 0.2) is 0 Å². The quantitative estimate of drug-likeness (QED) is 0.612. The molecule has 0 radical (unpaired) electrons. The molecule has 9 nitrogen and oxygen atoms in total. The van der Waals surface area contributed by atoms with Gasteiger partial charge in [-0.3, -0.25) is 9.59 Å². The van der Waals surface area contributed by atoms with E-state index in [2.05, 4.69) is 4.98 Å². The summed E-state index contributed by atoms with van der Waals surface area (Å²) < 4.78 is 11.8. The molecule has 0 saturated carbocycles. The summed E-state index contributed by atoms with van der Waals surface area (Å²) >= 11 is 0. The first-order valence-corrected chi connectivity index (χ1v) is 11.8. The van der Waals surface area contributed by atoms with Crippen molar-refractivity contribution in [3.8, 4) is 22.8 Å². The molecule has 35 heavy (non-hydrogen) atoms. The van der Waals surface area contributed by atoms with Gasteiger partial charge in [0.2, 0.25) is 11.8 Å². The zero-order valence-electron chi connectivity index (χ0n) is 21.4. The molecule has 2 heterocycles. The maximum absolute atomic E-state index is 13.6. The average molecular weight is 485 g/mol. The van der Waals surface area contributed by atoms with Crippen LogP contribution in [-0.2, 0) is 4.79 Å². The molecule has 0 fully saturated rings. The van der Waals surface area contributed by atoms with Crippen LogP contribution in [0.4, 0.5) is 0 Å². The summed E-state index contributed by atoms with van der Waals surface area (Å²) in [6.45, 7) is 4.64. The van der Waals surface area contributed by atoms with Gasteiger partial charge in [-0.25, -0.2) is 4.98 Å². The minimum absolute atomic E-state index is 0.0239. The number of hydrogen-bond acceptors (Lipinski definition) is 7. The monoisotopic (exact) mass is 484 g/mol. The summed E-state index contributed by atoms with van der Waals surface area (Å²) in [6.07, 6.45) is 1.27. The molecule has 1 aliphatic rings. The Morgan fingerprint density at radius 2 is 2.00 bits per heavy atom. The molecule has 2 amide bonds. The second-order valence-corrected chi connectivity index (χ2v) is 9.41. The molecule has 0 aliphatic carbocycles. The number of methoxy groups -OCH3 is 1. The molecule has 2 aromatic rings. The number of benzene rings is 1. The van der Waals surface area contributed by atoms with E-state index in [-0.39, 0.29) is 36.3 Å². The molecule has 1 aliphatic heterocycles. The molecule has 1 aromatic carbocycles. The number of carbonyl (C=O) groups excluding carboxylic acids is 2. The number of hydrogen-bond donors (Lipinski definition) is 1. The zero-order valence-corrected chi connectivity index (χ0v) is 21.4. The summed E-state index contributed by atoms with van der Waals surface area (Å²) in [6, 6.07) is 8.89. The highest BCUT2D eigenvalue weighted by Crippen LogP contribution is 2.34. The number of nitrogens with zero attached hydrogens (tertiary/aromatic N) is 4. The first-order valence-electron chi connectivity index (χ1n) is 11.8. The summed E-state index contributed by atoms with van der Waals surface area (Å²) in [5.41, 5.74) is 1.84. The van der Waals surface area contributed by atoms with Gasteiger partial charge in [0, 0.05) is 36.8 Å². The van der Waals surface area contributed by atoms with Gasteiger partial charge in [0.25, 0.3) is 5.91 Å². The number of pyridine rings is 1. The Bertz CT molecular complexity index is 1040. The summed E-state index contributed by atoms with van der Waals surface area (Å²) in [5, 5.41) is 9.86. The van der Waals surface area contributed by atoms with Crippen molar-refractivity contribution in [2.45, 2.75) is 26.0 Å². The highest BCUT2D eigenvalue weighted by atomic mass is 16.5. The fourth-order valence-electron chi connectivity index (χ4n) is 4.11. The highest BCUT2D eigenvalue weighted by molar-refractivity contribution is 5.98. The number of ether oxygens (including phenoxy) is 2. The van der Waals surface area contributed by atoms with Crippen molar-refractivity contribution in [2.24, 2.45) is 5.92 Å². The third-order valence-electron chi connectivity index (χ3n) is 6.27. The molecular formula is C26H36N4O5. The van der Waals surface area contributed by atoms with Crippen molar-refractivity contribution in [3.05, 3.63) is 42.1 Å². The Kier molecular flexibility index (Phi) is 8.69.